The fourth-order valence-corrected chi connectivity index (χ4v) is 2.43. The van der Waals surface area contributed by atoms with Crippen molar-refractivity contribution in [1.82, 2.24) is 10.4 Å². The lowest BCUT2D eigenvalue weighted by molar-refractivity contribution is -0.256. The van der Waals surface area contributed by atoms with E-state index in [9.17, 15) is 29.1 Å². The van der Waals surface area contributed by atoms with Gasteiger partial charge >= 0.3 is 23.6 Å². The van der Waals surface area contributed by atoms with Crippen LogP contribution in [-0.2, 0) is 33.5 Å². The van der Waals surface area contributed by atoms with Gasteiger partial charge in [0.1, 0.15) is 18.7 Å². The maximum Gasteiger partial charge on any atom is 0.372 e. The van der Waals surface area contributed by atoms with E-state index in [4.69, 9.17) is 20.4 Å². The van der Waals surface area contributed by atoms with E-state index in [0.29, 0.717) is 5.06 Å². The highest BCUT2D eigenvalue weighted by Gasteiger charge is 2.59. The number of hydrogen-bond acceptors (Lipinski definition) is 8. The number of nitrogens with two attached hydrogens (primary N) is 1. The summed E-state index contributed by atoms with van der Waals surface area (Å²) in [5.41, 5.74) is 3.02. The second-order valence-corrected chi connectivity index (χ2v) is 5.60. The molecule has 3 atom stereocenters. The van der Waals surface area contributed by atoms with E-state index in [-0.39, 0.29) is 32.3 Å². The number of nitrogens with one attached hydrogen (secondary N) is 1. The molecule has 2 fully saturated rings. The van der Waals surface area contributed by atoms with E-state index >= 15 is 0 Å². The van der Waals surface area contributed by atoms with Crippen molar-refractivity contribution in [1.29, 1.82) is 0 Å². The maximum absolute atomic E-state index is 12.3. The van der Waals surface area contributed by atoms with Crippen LogP contribution < -0.4 is 11.1 Å². The number of carboxylic acids is 2. The average Bonchev–Trinajstić information content (AvgIpc) is 3.09. The van der Waals surface area contributed by atoms with Gasteiger partial charge in [0.05, 0.1) is 6.42 Å². The van der Waals surface area contributed by atoms with Gasteiger partial charge < -0.3 is 26.0 Å². The first-order valence-corrected chi connectivity index (χ1v) is 7.37. The van der Waals surface area contributed by atoms with Crippen LogP contribution in [0.3, 0.4) is 0 Å². The number of hydrogen-bond donors (Lipinski definition) is 4. The topological polar surface area (TPSA) is 186 Å². The van der Waals surface area contributed by atoms with E-state index in [1.54, 1.807) is 0 Å². The summed E-state index contributed by atoms with van der Waals surface area (Å²) in [6, 6.07) is -2.39. The van der Waals surface area contributed by atoms with Crippen molar-refractivity contribution >= 4 is 29.7 Å². The quantitative estimate of drug-likeness (QED) is 0.356. The predicted octanol–water partition coefficient (Wildman–Crippen LogP) is -2.44. The number of carbonyl (C=O) groups is 5. The van der Waals surface area contributed by atoms with Gasteiger partial charge in [0.25, 0.3) is 5.91 Å². The Bertz CT molecular complexity index is 622. The highest BCUT2D eigenvalue weighted by Crippen LogP contribution is 2.33. The molecule has 2 saturated heterocycles. The molecule has 0 aliphatic carbocycles. The summed E-state index contributed by atoms with van der Waals surface area (Å²) in [5, 5.41) is 20.7. The third kappa shape index (κ3) is 3.69. The number of rotatable bonds is 7. The van der Waals surface area contributed by atoms with Crippen molar-refractivity contribution in [3.8, 4) is 0 Å². The van der Waals surface area contributed by atoms with Crippen molar-refractivity contribution in [3.05, 3.63) is 0 Å². The summed E-state index contributed by atoms with van der Waals surface area (Å²) < 4.78 is 4.77. The molecular weight excluding hydrogens is 342 g/mol. The summed E-state index contributed by atoms with van der Waals surface area (Å²) >= 11 is 0. The number of amides is 2. The molecule has 0 bridgehead atoms. The third-order valence-corrected chi connectivity index (χ3v) is 3.82. The molecule has 0 spiro atoms. The molecule has 12 heteroatoms. The number of aliphatic carboxylic acids is 2. The number of ether oxygens (including phenoxy) is 1. The lowest BCUT2D eigenvalue weighted by Gasteiger charge is -2.30. The molecule has 25 heavy (non-hydrogen) atoms. The predicted molar refractivity (Wildman–Crippen MR) is 75.3 cm³/mol. The number of cyclic esters (lactones) is 1. The Hall–Kier alpha value is -2.73. The fraction of sp³-hybridized carbons (Fsp3) is 0.615. The van der Waals surface area contributed by atoms with Crippen LogP contribution in [-0.4, -0.2) is 69.4 Å². The first-order valence-electron chi connectivity index (χ1n) is 7.37. The SMILES string of the molecule is N[C@H](CCC(=O)N[C@H]1CON(C2(C(=O)O)CCC(=O)O2)C1=O)C(=O)O. The normalized spacial score (nSPS) is 27.1. The average molecular weight is 359 g/mol. The zero-order valence-electron chi connectivity index (χ0n) is 13.0. The molecule has 138 valence electrons. The molecule has 12 nitrogen and oxygen atoms in total. The van der Waals surface area contributed by atoms with Gasteiger partial charge in [-0.2, -0.15) is 5.06 Å². The minimum atomic E-state index is -2.25. The van der Waals surface area contributed by atoms with Gasteiger partial charge in [0.2, 0.25) is 5.91 Å². The van der Waals surface area contributed by atoms with Crippen LogP contribution in [0.5, 0.6) is 0 Å². The fourth-order valence-electron chi connectivity index (χ4n) is 2.43. The number of carbonyl (C=O) groups excluding carboxylic acids is 3. The van der Waals surface area contributed by atoms with Crippen LogP contribution in [0.25, 0.3) is 0 Å². The zero-order valence-corrected chi connectivity index (χ0v) is 13.0. The minimum Gasteiger partial charge on any atom is -0.480 e. The molecule has 0 aromatic heterocycles. The van der Waals surface area contributed by atoms with Crippen LogP contribution in [0.15, 0.2) is 0 Å². The second-order valence-electron chi connectivity index (χ2n) is 5.60. The van der Waals surface area contributed by atoms with Crippen LogP contribution in [0.2, 0.25) is 0 Å². The van der Waals surface area contributed by atoms with Gasteiger partial charge in [0, 0.05) is 12.8 Å². The molecular formula is C13H17N3O9. The molecule has 2 aliphatic heterocycles. The Morgan fingerprint density at radius 2 is 2.04 bits per heavy atom. The van der Waals surface area contributed by atoms with Gasteiger partial charge in [0.15, 0.2) is 0 Å². The van der Waals surface area contributed by atoms with Gasteiger partial charge in [-0.3, -0.25) is 24.0 Å². The summed E-state index contributed by atoms with van der Waals surface area (Å²) in [4.78, 5) is 62.4. The zero-order chi connectivity index (χ0) is 18.8. The molecule has 0 saturated carbocycles. The number of esters is 1. The number of nitrogens with zero attached hydrogens (tertiary/aromatic N) is 1. The summed E-state index contributed by atoms with van der Waals surface area (Å²) in [6.07, 6.45) is -0.843. The second kappa shape index (κ2) is 7.03. The van der Waals surface area contributed by atoms with E-state index in [0.717, 1.165) is 0 Å². The summed E-state index contributed by atoms with van der Waals surface area (Å²) in [7, 11) is 0. The highest BCUT2D eigenvalue weighted by molar-refractivity contribution is 5.94. The van der Waals surface area contributed by atoms with Crippen molar-refractivity contribution < 1.29 is 43.8 Å². The molecule has 0 radical (unpaired) electrons. The number of carboxylic acid groups (broad SMARTS) is 2. The molecule has 1 unspecified atom stereocenters. The van der Waals surface area contributed by atoms with Gasteiger partial charge in [-0.15, -0.1) is 0 Å². The van der Waals surface area contributed by atoms with E-state index < -0.39 is 47.5 Å². The van der Waals surface area contributed by atoms with Crippen molar-refractivity contribution in [2.45, 2.75) is 43.5 Å². The Morgan fingerprint density at radius 1 is 1.36 bits per heavy atom. The Balaban J connectivity index is 1.97. The monoisotopic (exact) mass is 359 g/mol. The largest absolute Gasteiger partial charge is 0.480 e. The maximum atomic E-state index is 12.3. The summed E-state index contributed by atoms with van der Waals surface area (Å²) in [6.45, 7) is -0.345. The molecule has 2 rings (SSSR count). The molecule has 5 N–H and O–H groups in total. The lowest BCUT2D eigenvalue weighted by Crippen LogP contribution is -2.56. The Morgan fingerprint density at radius 3 is 2.56 bits per heavy atom. The Labute approximate surface area is 140 Å². The smallest absolute Gasteiger partial charge is 0.372 e. The van der Waals surface area contributed by atoms with Crippen LogP contribution >= 0.6 is 0 Å². The van der Waals surface area contributed by atoms with Crippen LogP contribution in [0, 0.1) is 0 Å². The van der Waals surface area contributed by atoms with Crippen molar-refractivity contribution in [3.63, 3.8) is 0 Å². The first-order chi connectivity index (χ1) is 11.7. The molecule has 0 aromatic carbocycles. The third-order valence-electron chi connectivity index (χ3n) is 3.82. The minimum absolute atomic E-state index is 0.136. The molecule has 2 amide bonds. The first kappa shape index (κ1) is 18.6. The summed E-state index contributed by atoms with van der Waals surface area (Å²) in [5.74, 6) is -5.13. The Kier molecular flexibility index (Phi) is 5.23. The number of hydroxylamine groups is 2. The van der Waals surface area contributed by atoms with E-state index in [1.165, 1.54) is 0 Å². The highest BCUT2D eigenvalue weighted by atomic mass is 16.7. The van der Waals surface area contributed by atoms with Crippen LogP contribution in [0.4, 0.5) is 0 Å². The van der Waals surface area contributed by atoms with Gasteiger partial charge in [-0.05, 0) is 6.42 Å². The molecule has 2 aliphatic rings. The molecule has 2 heterocycles. The van der Waals surface area contributed by atoms with Crippen LogP contribution in [0.1, 0.15) is 25.7 Å². The van der Waals surface area contributed by atoms with E-state index in [2.05, 4.69) is 5.32 Å². The lowest BCUT2D eigenvalue weighted by atomic mass is 10.1. The molecule has 0 aromatic rings. The van der Waals surface area contributed by atoms with Gasteiger partial charge in [-0.1, -0.05) is 0 Å². The van der Waals surface area contributed by atoms with Crippen molar-refractivity contribution in [2.75, 3.05) is 6.61 Å². The standard InChI is InChI=1S/C13H17N3O9/c14-6(11(20)21)1-2-8(17)15-7-5-24-16(10(7)19)13(12(22)23)4-3-9(18)25-13/h6-7H,1-5,14H2,(H,15,17)(H,20,21)(H,22,23)/t6-,7+,13?/m1/s1. The van der Waals surface area contributed by atoms with E-state index in [1.807, 2.05) is 0 Å². The van der Waals surface area contributed by atoms with Crippen molar-refractivity contribution in [2.24, 2.45) is 5.73 Å². The van der Waals surface area contributed by atoms with Gasteiger partial charge in [-0.25, -0.2) is 4.79 Å².